The monoisotopic (exact) mass is 1840 g/mol. The maximum absolute atomic E-state index is 6.49. The Hall–Kier alpha value is -17.9. The van der Waals surface area contributed by atoms with Gasteiger partial charge in [0.25, 0.3) is 0 Å². The number of hydrogen-bond donors (Lipinski definition) is 0. The van der Waals surface area contributed by atoms with Gasteiger partial charge in [-0.05, 0) is 192 Å². The van der Waals surface area contributed by atoms with Gasteiger partial charge < -0.3 is 22.7 Å². The molecule has 0 saturated carbocycles. The summed E-state index contributed by atoms with van der Waals surface area (Å²) in [6, 6.07) is 161. The molecule has 0 N–H and O–H groups in total. The Balaban J connectivity index is 0.000000134. The molecule has 14 heteroatoms. The molecule has 0 saturated heterocycles. The molecule has 0 aliphatic heterocycles. The van der Waals surface area contributed by atoms with E-state index in [1.54, 1.807) is 0 Å². The fourth-order valence-corrected chi connectivity index (χ4v) is 25.0. The largest absolute Gasteiger partial charge is 0.456 e. The first-order valence-electron chi connectivity index (χ1n) is 47.0. The summed E-state index contributed by atoms with van der Waals surface area (Å²) in [7, 11) is 0. The summed E-state index contributed by atoms with van der Waals surface area (Å²) in [4.78, 5) is 30.2. The van der Waals surface area contributed by atoms with E-state index in [9.17, 15) is 0 Å². The van der Waals surface area contributed by atoms with E-state index >= 15 is 0 Å². The minimum Gasteiger partial charge on any atom is -0.456 e. The van der Waals surface area contributed by atoms with Crippen LogP contribution < -0.4 is 0 Å². The van der Waals surface area contributed by atoms with Crippen LogP contribution in [-0.4, -0.2) is 48.2 Å². The van der Waals surface area contributed by atoms with Crippen LogP contribution in [0.4, 0.5) is 0 Å². The van der Waals surface area contributed by atoms with Crippen LogP contribution in [0.3, 0.4) is 0 Å². The van der Waals surface area contributed by atoms with E-state index in [2.05, 4.69) is 358 Å². The third-order valence-electron chi connectivity index (χ3n) is 27.9. The molecule has 11 nitrogen and oxygen atoms in total. The van der Waals surface area contributed by atoms with Crippen molar-refractivity contribution in [3.8, 4) is 113 Å². The standard InChI is InChI=1S/C63H37N5OS.C63H37N5S2/c1-3-13-38(14-4-1)61-64-62(39-15-5-2-6-16-39)66-63(65-61)42-25-30-57-50(35-42)51-36-43(26-31-58(51)69-57)67-53-20-10-7-17-45(53)48-33-40(23-28-55(48)67)41-24-29-56-49(34-41)46-18-8-11-21-54(46)68(56)44-27-32-60-52(37-44)47-19-9-12-22-59(47)70-60;1-3-15-38(16-4-1)61-64-62(39-17-5-2-6-18-39)66-63(65-61)48-24-13-22-46-47-23-14-27-56(60(47)70-59(46)48)68-53-26-11-8-20-44(53)50-36-41(30-33-55(50)68)40-29-32-54-49(35-40)43-19-7-10-25-52(43)67(54)42-31-34-58-51(37-42)45-21-9-12-28-57(45)69-58/h2*1-37H. The Kier molecular flexibility index (Phi) is 18.1. The van der Waals surface area contributed by atoms with Crippen molar-refractivity contribution in [2.75, 3.05) is 0 Å². The van der Waals surface area contributed by atoms with Gasteiger partial charge in [-0.15, -0.1) is 34.0 Å². The van der Waals surface area contributed by atoms with Gasteiger partial charge in [-0.25, -0.2) is 29.9 Å². The molecule has 0 aliphatic carbocycles. The summed E-state index contributed by atoms with van der Waals surface area (Å²) in [6.45, 7) is 0. The van der Waals surface area contributed by atoms with Crippen molar-refractivity contribution in [1.82, 2.24) is 48.2 Å². The maximum Gasteiger partial charge on any atom is 0.165 e. The molecule has 10 aromatic heterocycles. The third-order valence-corrected chi connectivity index (χ3v) is 31.5. The van der Waals surface area contributed by atoms with Crippen LogP contribution >= 0.6 is 34.0 Å². The van der Waals surface area contributed by atoms with E-state index in [1.165, 1.54) is 166 Å². The Morgan fingerprint density at radius 1 is 0.164 bits per heavy atom. The zero-order valence-corrected chi connectivity index (χ0v) is 77.3. The average molecular weight is 1840 g/mol. The van der Waals surface area contributed by atoms with Crippen molar-refractivity contribution < 1.29 is 4.42 Å². The Labute approximate surface area is 812 Å². The molecule has 20 aromatic carbocycles. The summed E-state index contributed by atoms with van der Waals surface area (Å²) in [5.41, 5.74) is 26.0. The molecule has 0 unspecified atom stereocenters. The molecule has 140 heavy (non-hydrogen) atoms. The van der Waals surface area contributed by atoms with E-state index in [-0.39, 0.29) is 0 Å². The quantitative estimate of drug-likeness (QED) is 0.120. The second-order valence-electron chi connectivity index (χ2n) is 35.9. The number of aromatic nitrogens is 10. The second-order valence-corrected chi connectivity index (χ2v) is 39.1. The molecule has 10 heterocycles. The van der Waals surface area contributed by atoms with E-state index in [0.29, 0.717) is 34.9 Å². The molecular weight excluding hydrogens is 1770 g/mol. The summed E-state index contributed by atoms with van der Waals surface area (Å²) < 4.78 is 23.8. The molecule has 0 aliphatic rings. The zero-order valence-electron chi connectivity index (χ0n) is 74.8. The third kappa shape index (κ3) is 12.8. The van der Waals surface area contributed by atoms with E-state index in [4.69, 9.17) is 34.3 Å². The number of rotatable bonds is 12. The zero-order chi connectivity index (χ0) is 91.7. The fourth-order valence-electron chi connectivity index (χ4n) is 21.5. The van der Waals surface area contributed by atoms with Gasteiger partial charge in [-0.3, -0.25) is 0 Å². The molecule has 0 radical (unpaired) electrons. The summed E-state index contributed by atoms with van der Waals surface area (Å²) in [5, 5.41) is 19.4. The van der Waals surface area contributed by atoms with Crippen LogP contribution in [0.15, 0.2) is 453 Å². The van der Waals surface area contributed by atoms with Crippen LogP contribution in [0.2, 0.25) is 0 Å². The van der Waals surface area contributed by atoms with Gasteiger partial charge in [-0.1, -0.05) is 279 Å². The van der Waals surface area contributed by atoms with Crippen molar-refractivity contribution in [3.05, 3.63) is 449 Å². The highest BCUT2D eigenvalue weighted by molar-refractivity contribution is 7.27. The van der Waals surface area contributed by atoms with Crippen molar-refractivity contribution in [2.24, 2.45) is 0 Å². The highest BCUT2D eigenvalue weighted by Gasteiger charge is 2.26. The number of fused-ring (bicyclic) bond motifs is 24. The van der Waals surface area contributed by atoms with Crippen LogP contribution in [0.1, 0.15) is 0 Å². The van der Waals surface area contributed by atoms with Crippen LogP contribution in [0, 0.1) is 0 Å². The van der Waals surface area contributed by atoms with Gasteiger partial charge in [0.2, 0.25) is 0 Å². The summed E-state index contributed by atoms with van der Waals surface area (Å²) in [5.74, 6) is 3.83. The number of hydrogen-bond acceptors (Lipinski definition) is 10. The molecule has 0 spiro atoms. The number of furan rings is 1. The van der Waals surface area contributed by atoms with Gasteiger partial charge >= 0.3 is 0 Å². The van der Waals surface area contributed by atoms with Crippen LogP contribution in [-0.2, 0) is 0 Å². The van der Waals surface area contributed by atoms with Crippen molar-refractivity contribution in [2.45, 2.75) is 0 Å². The van der Waals surface area contributed by atoms with Gasteiger partial charge in [0.1, 0.15) is 11.2 Å². The molecule has 30 rings (SSSR count). The lowest BCUT2D eigenvalue weighted by Crippen LogP contribution is -2.00. The first-order chi connectivity index (χ1) is 69.4. The number of thiophene rings is 3. The SMILES string of the molecule is c1ccc(-c2nc(-c3ccccc3)nc(-c3ccc4oc5ccc(-n6c7ccccc7c7cc(-c8ccc9c(c8)c8ccccc8n9-c8ccc9sc%10ccccc%10c9c8)ccc76)cc5c4c3)n2)cc1.c1ccc(-c2nc(-c3ccccc3)nc(-c3cccc4c3sc3c(-n5c6ccccc6c6cc(-c7ccc8c(c7)c7ccccc7n8-c7ccc8sc9ccccc9c8c7)ccc65)cccc34)n2)cc1. The lowest BCUT2D eigenvalue weighted by molar-refractivity contribution is 0.669. The highest BCUT2D eigenvalue weighted by Crippen LogP contribution is 2.49. The van der Waals surface area contributed by atoms with E-state index in [0.717, 1.165) is 82.4 Å². The molecule has 0 atom stereocenters. The number of benzene rings is 20. The maximum atomic E-state index is 6.49. The van der Waals surface area contributed by atoms with Gasteiger partial charge in [-0.2, -0.15) is 0 Å². The predicted octanol–water partition coefficient (Wildman–Crippen LogP) is 34.5. The van der Waals surface area contributed by atoms with Gasteiger partial charge in [0.15, 0.2) is 34.9 Å². The molecular formula is C126H74N10OS3. The molecule has 652 valence electrons. The first kappa shape index (κ1) is 79.5. The predicted molar refractivity (Wildman–Crippen MR) is 586 cm³/mol. The summed E-state index contributed by atoms with van der Waals surface area (Å²) >= 11 is 5.52. The lowest BCUT2D eigenvalue weighted by Gasteiger charge is -2.10. The Morgan fingerprint density at radius 3 is 0.886 bits per heavy atom. The minimum absolute atomic E-state index is 0.605. The molecule has 30 aromatic rings. The lowest BCUT2D eigenvalue weighted by atomic mass is 10.0. The van der Waals surface area contributed by atoms with E-state index in [1.807, 2.05) is 143 Å². The van der Waals surface area contributed by atoms with Crippen molar-refractivity contribution in [3.63, 3.8) is 0 Å². The van der Waals surface area contributed by atoms with Crippen molar-refractivity contribution in [1.29, 1.82) is 0 Å². The minimum atomic E-state index is 0.605. The van der Waals surface area contributed by atoms with Gasteiger partial charge in [0, 0.05) is 160 Å². The molecule has 0 amide bonds. The van der Waals surface area contributed by atoms with Crippen LogP contribution in [0.25, 0.3) is 283 Å². The molecule has 0 bridgehead atoms. The Bertz CT molecular complexity index is 10300. The Morgan fingerprint density at radius 2 is 0.457 bits per heavy atom. The van der Waals surface area contributed by atoms with E-state index < -0.39 is 0 Å². The number of nitrogens with zero attached hydrogens (tertiary/aromatic N) is 10. The van der Waals surface area contributed by atoms with Crippen molar-refractivity contribution >= 4 is 204 Å². The fraction of sp³-hybridized carbons (Fsp3) is 0. The normalized spacial score (nSPS) is 12.0. The highest BCUT2D eigenvalue weighted by atomic mass is 32.1. The smallest absolute Gasteiger partial charge is 0.165 e. The van der Waals surface area contributed by atoms with Crippen LogP contribution in [0.5, 0.6) is 0 Å². The topological polar surface area (TPSA) is 110 Å². The summed E-state index contributed by atoms with van der Waals surface area (Å²) in [6.07, 6.45) is 0. The first-order valence-corrected chi connectivity index (χ1v) is 49.4. The average Bonchev–Trinajstić information content (AvgIpc) is 1.57. The van der Waals surface area contributed by atoms with Gasteiger partial charge in [0.05, 0.1) is 54.5 Å². The number of para-hydroxylation sites is 4. The molecule has 0 fully saturated rings. The second kappa shape index (κ2) is 31.9.